The number of rotatable bonds is 7. The van der Waals surface area contributed by atoms with E-state index in [2.05, 4.69) is 40.0 Å². The topological polar surface area (TPSA) is 53.8 Å². The van der Waals surface area contributed by atoms with Crippen molar-refractivity contribution in [2.75, 3.05) is 33.8 Å². The van der Waals surface area contributed by atoms with Crippen molar-refractivity contribution in [3.05, 3.63) is 47.3 Å². The molecule has 1 aliphatic rings. The van der Waals surface area contributed by atoms with E-state index in [1.54, 1.807) is 0 Å². The maximum absolute atomic E-state index is 10.2. The zero-order chi connectivity index (χ0) is 18.7. The number of aryl methyl sites for hydroxylation is 2. The van der Waals surface area contributed by atoms with Crippen LogP contribution < -0.4 is 4.74 Å². The normalized spacial score (nSPS) is 20.8. The average Bonchev–Trinajstić information content (AvgIpc) is 3.11. The van der Waals surface area contributed by atoms with Crippen LogP contribution in [0.2, 0.25) is 0 Å². The molecule has 0 unspecified atom stereocenters. The fraction of sp³-hybridized carbons (Fsp3) is 0.550. The molecule has 0 aliphatic carbocycles. The van der Waals surface area contributed by atoms with E-state index in [4.69, 9.17) is 4.74 Å². The molecule has 2 atom stereocenters. The highest BCUT2D eigenvalue weighted by molar-refractivity contribution is 5.27. The number of benzene rings is 1. The number of likely N-dealkylation sites (N-methyl/N-ethyl adjacent to an activating group) is 1. The highest BCUT2D eigenvalue weighted by Gasteiger charge is 2.32. The zero-order valence-electron chi connectivity index (χ0n) is 16.2. The summed E-state index contributed by atoms with van der Waals surface area (Å²) in [6.07, 6.45) is -0.276. The molecular weight excluding hydrogens is 328 g/mol. The van der Waals surface area contributed by atoms with Crippen LogP contribution in [0.25, 0.3) is 0 Å². The molecule has 6 nitrogen and oxygen atoms in total. The van der Waals surface area contributed by atoms with Crippen molar-refractivity contribution in [1.82, 2.24) is 19.6 Å². The SMILES string of the molecule is Cc1cc(C)n(CCOc2ccc(CN3C[C@H](O)[C@@H](N(C)C)C3)cc2)n1. The van der Waals surface area contributed by atoms with Gasteiger partial charge in [-0.3, -0.25) is 9.58 Å². The lowest BCUT2D eigenvalue weighted by Crippen LogP contribution is -2.37. The number of aliphatic hydroxyl groups is 1. The molecule has 1 aromatic heterocycles. The van der Waals surface area contributed by atoms with Gasteiger partial charge in [0.15, 0.2) is 0 Å². The van der Waals surface area contributed by atoms with Crippen LogP contribution in [0.3, 0.4) is 0 Å². The Labute approximate surface area is 156 Å². The smallest absolute Gasteiger partial charge is 0.119 e. The monoisotopic (exact) mass is 358 g/mol. The summed E-state index contributed by atoms with van der Waals surface area (Å²) in [6, 6.07) is 10.5. The van der Waals surface area contributed by atoms with Crippen molar-refractivity contribution < 1.29 is 9.84 Å². The van der Waals surface area contributed by atoms with Gasteiger partial charge in [0.05, 0.1) is 18.3 Å². The number of ether oxygens (including phenoxy) is 1. The molecule has 0 bridgehead atoms. The summed E-state index contributed by atoms with van der Waals surface area (Å²) >= 11 is 0. The minimum Gasteiger partial charge on any atom is -0.492 e. The Balaban J connectivity index is 1.47. The summed E-state index contributed by atoms with van der Waals surface area (Å²) in [5, 5.41) is 14.6. The van der Waals surface area contributed by atoms with Crippen molar-refractivity contribution in [2.24, 2.45) is 0 Å². The number of aliphatic hydroxyl groups excluding tert-OH is 1. The molecule has 6 heteroatoms. The average molecular weight is 358 g/mol. The lowest BCUT2D eigenvalue weighted by Gasteiger charge is -2.21. The van der Waals surface area contributed by atoms with Gasteiger partial charge in [-0.1, -0.05) is 12.1 Å². The third-order valence-corrected chi connectivity index (χ3v) is 5.00. The van der Waals surface area contributed by atoms with E-state index in [9.17, 15) is 5.11 Å². The quantitative estimate of drug-likeness (QED) is 0.816. The van der Waals surface area contributed by atoms with Crippen LogP contribution in [0.4, 0.5) is 0 Å². The molecule has 1 saturated heterocycles. The molecule has 3 rings (SSSR count). The van der Waals surface area contributed by atoms with Crippen molar-refractivity contribution in [3.63, 3.8) is 0 Å². The lowest BCUT2D eigenvalue weighted by molar-refractivity contribution is 0.112. The molecule has 1 fully saturated rings. The second-order valence-corrected chi connectivity index (χ2v) is 7.44. The molecular formula is C20H30N4O2. The highest BCUT2D eigenvalue weighted by atomic mass is 16.5. The van der Waals surface area contributed by atoms with Gasteiger partial charge in [0, 0.05) is 31.4 Å². The molecule has 1 aromatic carbocycles. The van der Waals surface area contributed by atoms with E-state index in [-0.39, 0.29) is 12.1 Å². The lowest BCUT2D eigenvalue weighted by atomic mass is 10.2. The Kier molecular flexibility index (Phi) is 5.96. The summed E-state index contributed by atoms with van der Waals surface area (Å²) in [6.45, 7) is 7.89. The highest BCUT2D eigenvalue weighted by Crippen LogP contribution is 2.19. The molecule has 1 aliphatic heterocycles. The van der Waals surface area contributed by atoms with Crippen LogP contribution in [0, 0.1) is 13.8 Å². The standard InChI is InChI=1S/C20H30N4O2/c1-15-11-16(2)24(21-15)9-10-26-18-7-5-17(6-8-18)12-23-13-19(22(3)4)20(25)14-23/h5-8,11,19-20,25H,9-10,12-14H2,1-4H3/t19-,20-/m0/s1. The van der Waals surface area contributed by atoms with Gasteiger partial charge in [-0.15, -0.1) is 0 Å². The molecule has 2 aromatic rings. The van der Waals surface area contributed by atoms with Gasteiger partial charge in [-0.05, 0) is 51.7 Å². The number of hydrogen-bond acceptors (Lipinski definition) is 5. The largest absolute Gasteiger partial charge is 0.492 e. The Hall–Kier alpha value is -1.89. The maximum atomic E-state index is 10.2. The summed E-state index contributed by atoms with van der Waals surface area (Å²) < 4.78 is 7.82. The van der Waals surface area contributed by atoms with Gasteiger partial charge in [-0.2, -0.15) is 5.10 Å². The number of β-amino-alcohol motifs (C(OH)–C–C–N with tert-alkyl or cyclic N) is 1. The first kappa shape index (κ1) is 18.9. The Morgan fingerprint density at radius 2 is 1.92 bits per heavy atom. The second-order valence-electron chi connectivity index (χ2n) is 7.44. The first-order valence-corrected chi connectivity index (χ1v) is 9.22. The first-order valence-electron chi connectivity index (χ1n) is 9.22. The van der Waals surface area contributed by atoms with Gasteiger partial charge in [0.2, 0.25) is 0 Å². The number of hydrogen-bond donors (Lipinski definition) is 1. The predicted octanol–water partition coefficient (Wildman–Crippen LogP) is 1.69. The van der Waals surface area contributed by atoms with Gasteiger partial charge >= 0.3 is 0 Å². The molecule has 26 heavy (non-hydrogen) atoms. The Bertz CT molecular complexity index is 711. The summed E-state index contributed by atoms with van der Waals surface area (Å²) in [4.78, 5) is 4.40. The van der Waals surface area contributed by atoms with E-state index in [1.807, 2.05) is 37.8 Å². The van der Waals surface area contributed by atoms with Crippen molar-refractivity contribution in [1.29, 1.82) is 0 Å². The number of nitrogens with zero attached hydrogens (tertiary/aromatic N) is 4. The molecule has 142 valence electrons. The van der Waals surface area contributed by atoms with E-state index < -0.39 is 0 Å². The predicted molar refractivity (Wildman–Crippen MR) is 102 cm³/mol. The maximum Gasteiger partial charge on any atom is 0.119 e. The summed E-state index contributed by atoms with van der Waals surface area (Å²) in [5.74, 6) is 0.878. The first-order chi connectivity index (χ1) is 12.4. The fourth-order valence-electron chi connectivity index (χ4n) is 3.58. The second kappa shape index (κ2) is 8.20. The number of likely N-dealkylation sites (tertiary alicyclic amines) is 1. The van der Waals surface area contributed by atoms with Gasteiger partial charge in [0.25, 0.3) is 0 Å². The molecule has 0 saturated carbocycles. The van der Waals surface area contributed by atoms with E-state index in [1.165, 1.54) is 5.56 Å². The van der Waals surface area contributed by atoms with E-state index in [0.29, 0.717) is 6.61 Å². The van der Waals surface area contributed by atoms with E-state index in [0.717, 1.165) is 43.3 Å². The minimum absolute atomic E-state index is 0.215. The number of aromatic nitrogens is 2. The van der Waals surface area contributed by atoms with Gasteiger partial charge < -0.3 is 14.7 Å². The molecule has 0 radical (unpaired) electrons. The van der Waals surface area contributed by atoms with Crippen LogP contribution in [0.15, 0.2) is 30.3 Å². The van der Waals surface area contributed by atoms with Crippen LogP contribution >= 0.6 is 0 Å². The molecule has 2 heterocycles. The van der Waals surface area contributed by atoms with Gasteiger partial charge in [-0.25, -0.2) is 0 Å². The van der Waals surface area contributed by atoms with Crippen LogP contribution in [-0.2, 0) is 13.1 Å². The summed E-state index contributed by atoms with van der Waals surface area (Å²) in [7, 11) is 4.05. The zero-order valence-corrected chi connectivity index (χ0v) is 16.2. The van der Waals surface area contributed by atoms with Crippen molar-refractivity contribution in [2.45, 2.75) is 39.1 Å². The molecule has 0 spiro atoms. The van der Waals surface area contributed by atoms with Gasteiger partial charge in [0.1, 0.15) is 12.4 Å². The van der Waals surface area contributed by atoms with Crippen LogP contribution in [-0.4, -0.2) is 70.6 Å². The Morgan fingerprint density at radius 3 is 2.50 bits per heavy atom. The van der Waals surface area contributed by atoms with Crippen LogP contribution in [0.1, 0.15) is 17.0 Å². The third kappa shape index (κ3) is 4.63. The fourth-order valence-corrected chi connectivity index (χ4v) is 3.58. The third-order valence-electron chi connectivity index (χ3n) is 5.00. The van der Waals surface area contributed by atoms with E-state index >= 15 is 0 Å². The molecule has 0 amide bonds. The van der Waals surface area contributed by atoms with Crippen molar-refractivity contribution >= 4 is 0 Å². The minimum atomic E-state index is -0.276. The summed E-state index contributed by atoms with van der Waals surface area (Å²) in [5.41, 5.74) is 3.43. The molecule has 1 N–H and O–H groups in total. The Morgan fingerprint density at radius 1 is 1.19 bits per heavy atom. The van der Waals surface area contributed by atoms with Crippen molar-refractivity contribution in [3.8, 4) is 5.75 Å². The van der Waals surface area contributed by atoms with Crippen LogP contribution in [0.5, 0.6) is 5.75 Å².